The number of methoxy groups -OCH3 is 1. The SMILES string of the molecule is COc1ccccc1CNC(=O)CCc1c(C)nn(-c2nc(C)cc(=O)[nH]2)c1C. The van der Waals surface area contributed by atoms with E-state index in [2.05, 4.69) is 20.4 Å². The third-order valence-corrected chi connectivity index (χ3v) is 4.77. The molecule has 0 saturated carbocycles. The lowest BCUT2D eigenvalue weighted by molar-refractivity contribution is -0.121. The van der Waals surface area contributed by atoms with Crippen molar-refractivity contribution >= 4 is 5.91 Å². The van der Waals surface area contributed by atoms with Gasteiger partial charge < -0.3 is 10.1 Å². The van der Waals surface area contributed by atoms with Crippen LogP contribution >= 0.6 is 0 Å². The molecule has 8 nitrogen and oxygen atoms in total. The maximum atomic E-state index is 12.3. The Labute approximate surface area is 168 Å². The second kappa shape index (κ2) is 8.72. The van der Waals surface area contributed by atoms with Gasteiger partial charge in [0.1, 0.15) is 5.75 Å². The van der Waals surface area contributed by atoms with Gasteiger partial charge in [0.15, 0.2) is 0 Å². The van der Waals surface area contributed by atoms with Gasteiger partial charge in [0, 0.05) is 36.0 Å². The molecule has 0 unspecified atom stereocenters. The van der Waals surface area contributed by atoms with Crippen LogP contribution in [0.25, 0.3) is 5.95 Å². The van der Waals surface area contributed by atoms with E-state index in [9.17, 15) is 9.59 Å². The van der Waals surface area contributed by atoms with Crippen LogP contribution in [0.4, 0.5) is 0 Å². The molecule has 2 aromatic heterocycles. The van der Waals surface area contributed by atoms with Crippen LogP contribution in [0.1, 0.15) is 34.6 Å². The first-order valence-electron chi connectivity index (χ1n) is 9.41. The highest BCUT2D eigenvalue weighted by Crippen LogP contribution is 2.18. The standard InChI is InChI=1S/C21H25N5O3/c1-13-11-20(28)24-21(23-13)26-15(3)17(14(2)25-26)9-10-19(27)22-12-16-7-5-6-8-18(16)29-4/h5-8,11H,9-10,12H2,1-4H3,(H,22,27)(H,23,24,28). The Morgan fingerprint density at radius 1 is 1.24 bits per heavy atom. The summed E-state index contributed by atoms with van der Waals surface area (Å²) < 4.78 is 6.92. The average molecular weight is 395 g/mol. The molecule has 0 atom stereocenters. The van der Waals surface area contributed by atoms with E-state index in [1.165, 1.54) is 6.07 Å². The first-order chi connectivity index (χ1) is 13.9. The van der Waals surface area contributed by atoms with Gasteiger partial charge in [0.25, 0.3) is 5.56 Å². The highest BCUT2D eigenvalue weighted by Gasteiger charge is 2.16. The number of rotatable bonds is 7. The monoisotopic (exact) mass is 395 g/mol. The Hall–Kier alpha value is -3.42. The molecule has 152 valence electrons. The average Bonchev–Trinajstić information content (AvgIpc) is 2.98. The molecule has 0 saturated heterocycles. The molecule has 0 bridgehead atoms. The van der Waals surface area contributed by atoms with Crippen molar-refractivity contribution in [1.82, 2.24) is 25.1 Å². The van der Waals surface area contributed by atoms with E-state index in [0.717, 1.165) is 28.3 Å². The molecule has 3 rings (SSSR count). The molecular formula is C21H25N5O3. The van der Waals surface area contributed by atoms with E-state index in [-0.39, 0.29) is 11.5 Å². The lowest BCUT2D eigenvalue weighted by Crippen LogP contribution is -2.23. The molecule has 2 heterocycles. The molecule has 0 spiro atoms. The summed E-state index contributed by atoms with van der Waals surface area (Å²) in [6.07, 6.45) is 0.881. The number of ether oxygens (including phenoxy) is 1. The van der Waals surface area contributed by atoms with Gasteiger partial charge in [-0.2, -0.15) is 5.10 Å². The van der Waals surface area contributed by atoms with Gasteiger partial charge in [-0.1, -0.05) is 18.2 Å². The number of amides is 1. The number of nitrogens with one attached hydrogen (secondary N) is 2. The zero-order valence-corrected chi connectivity index (χ0v) is 17.1. The van der Waals surface area contributed by atoms with E-state index >= 15 is 0 Å². The third kappa shape index (κ3) is 4.71. The first kappa shape index (κ1) is 20.3. The fraction of sp³-hybridized carbons (Fsp3) is 0.333. The number of para-hydroxylation sites is 1. The Kier molecular flexibility index (Phi) is 6.11. The number of aromatic amines is 1. The fourth-order valence-corrected chi connectivity index (χ4v) is 3.28. The molecule has 0 aliphatic carbocycles. The summed E-state index contributed by atoms with van der Waals surface area (Å²) in [7, 11) is 1.61. The Morgan fingerprint density at radius 2 is 2.00 bits per heavy atom. The Bertz CT molecular complexity index is 1080. The van der Waals surface area contributed by atoms with E-state index in [1.807, 2.05) is 38.1 Å². The maximum Gasteiger partial charge on any atom is 0.252 e. The fourth-order valence-electron chi connectivity index (χ4n) is 3.28. The maximum absolute atomic E-state index is 12.3. The number of hydrogen-bond acceptors (Lipinski definition) is 5. The predicted molar refractivity (Wildman–Crippen MR) is 109 cm³/mol. The number of aromatic nitrogens is 4. The summed E-state index contributed by atoms with van der Waals surface area (Å²) in [5.74, 6) is 1.08. The number of hydrogen-bond donors (Lipinski definition) is 2. The van der Waals surface area contributed by atoms with Gasteiger partial charge in [0.2, 0.25) is 11.9 Å². The van der Waals surface area contributed by atoms with Crippen LogP contribution in [0.2, 0.25) is 0 Å². The quantitative estimate of drug-likeness (QED) is 0.638. The third-order valence-electron chi connectivity index (χ3n) is 4.77. The second-order valence-corrected chi connectivity index (χ2v) is 6.86. The lowest BCUT2D eigenvalue weighted by atomic mass is 10.1. The molecule has 1 amide bonds. The molecule has 2 N–H and O–H groups in total. The molecule has 29 heavy (non-hydrogen) atoms. The van der Waals surface area contributed by atoms with Gasteiger partial charge in [-0.3, -0.25) is 14.6 Å². The lowest BCUT2D eigenvalue weighted by Gasteiger charge is -2.09. The number of benzene rings is 1. The molecule has 3 aromatic rings. The molecular weight excluding hydrogens is 370 g/mol. The minimum absolute atomic E-state index is 0.0513. The highest BCUT2D eigenvalue weighted by atomic mass is 16.5. The van der Waals surface area contributed by atoms with Crippen LogP contribution in [0, 0.1) is 20.8 Å². The zero-order valence-electron chi connectivity index (χ0n) is 17.1. The zero-order chi connectivity index (χ0) is 21.0. The smallest absolute Gasteiger partial charge is 0.252 e. The van der Waals surface area contributed by atoms with Crippen molar-refractivity contribution in [1.29, 1.82) is 0 Å². The van der Waals surface area contributed by atoms with Crippen molar-refractivity contribution in [3.8, 4) is 11.7 Å². The van der Waals surface area contributed by atoms with Crippen molar-refractivity contribution < 1.29 is 9.53 Å². The summed E-state index contributed by atoms with van der Waals surface area (Å²) in [6, 6.07) is 9.03. The summed E-state index contributed by atoms with van der Waals surface area (Å²) in [6.45, 7) is 5.97. The van der Waals surface area contributed by atoms with Crippen LogP contribution in [0.3, 0.4) is 0 Å². The van der Waals surface area contributed by atoms with Crippen LogP contribution in [0.15, 0.2) is 35.1 Å². The van der Waals surface area contributed by atoms with E-state index in [0.29, 0.717) is 31.0 Å². The predicted octanol–water partition coefficient (Wildman–Crippen LogP) is 2.14. The van der Waals surface area contributed by atoms with Gasteiger partial charge in [-0.25, -0.2) is 9.67 Å². The van der Waals surface area contributed by atoms with Gasteiger partial charge >= 0.3 is 0 Å². The topological polar surface area (TPSA) is 102 Å². The van der Waals surface area contributed by atoms with Crippen LogP contribution in [-0.4, -0.2) is 32.8 Å². The molecule has 0 aliphatic rings. The summed E-state index contributed by atoms with van der Waals surface area (Å²) in [4.78, 5) is 31.1. The Balaban J connectivity index is 1.67. The minimum Gasteiger partial charge on any atom is -0.496 e. The van der Waals surface area contributed by atoms with Crippen molar-refractivity contribution in [2.75, 3.05) is 7.11 Å². The van der Waals surface area contributed by atoms with Crippen LogP contribution < -0.4 is 15.6 Å². The van der Waals surface area contributed by atoms with Crippen molar-refractivity contribution in [3.05, 3.63) is 68.9 Å². The van der Waals surface area contributed by atoms with Crippen molar-refractivity contribution in [2.45, 2.75) is 40.2 Å². The number of nitrogens with zero attached hydrogens (tertiary/aromatic N) is 3. The molecule has 1 aromatic carbocycles. The minimum atomic E-state index is -0.225. The summed E-state index contributed by atoms with van der Waals surface area (Å²) in [5.41, 5.74) is 3.96. The number of aryl methyl sites for hydroxylation is 2. The van der Waals surface area contributed by atoms with Crippen LogP contribution in [0.5, 0.6) is 5.75 Å². The van der Waals surface area contributed by atoms with E-state index in [4.69, 9.17) is 4.74 Å². The number of carbonyl (C=O) groups is 1. The van der Waals surface area contributed by atoms with Crippen LogP contribution in [-0.2, 0) is 17.8 Å². The number of H-pyrrole nitrogens is 1. The number of carbonyl (C=O) groups excluding carboxylic acids is 1. The summed E-state index contributed by atoms with van der Waals surface area (Å²) >= 11 is 0. The van der Waals surface area contributed by atoms with E-state index < -0.39 is 0 Å². The second-order valence-electron chi connectivity index (χ2n) is 6.86. The van der Waals surface area contributed by atoms with E-state index in [1.54, 1.807) is 18.7 Å². The van der Waals surface area contributed by atoms with Gasteiger partial charge in [-0.15, -0.1) is 0 Å². The molecule has 8 heteroatoms. The van der Waals surface area contributed by atoms with Gasteiger partial charge in [-0.05, 0) is 38.8 Å². The molecule has 0 aliphatic heterocycles. The van der Waals surface area contributed by atoms with Crippen molar-refractivity contribution in [3.63, 3.8) is 0 Å². The molecule has 0 radical (unpaired) electrons. The van der Waals surface area contributed by atoms with Gasteiger partial charge in [0.05, 0.1) is 12.8 Å². The van der Waals surface area contributed by atoms with Crippen molar-refractivity contribution in [2.24, 2.45) is 0 Å². The Morgan fingerprint density at radius 3 is 2.72 bits per heavy atom. The summed E-state index contributed by atoms with van der Waals surface area (Å²) in [5, 5.41) is 7.42. The first-order valence-corrected chi connectivity index (χ1v) is 9.41. The highest BCUT2D eigenvalue weighted by molar-refractivity contribution is 5.76. The molecule has 0 fully saturated rings. The normalized spacial score (nSPS) is 10.8. The largest absolute Gasteiger partial charge is 0.496 e.